The molecule has 3 rings (SSSR count). The van der Waals surface area contributed by atoms with Gasteiger partial charge in [0.1, 0.15) is 36.2 Å². The lowest BCUT2D eigenvalue weighted by atomic mass is 10.3. The molecule has 0 radical (unpaired) electrons. The van der Waals surface area contributed by atoms with E-state index in [0.29, 0.717) is 24.4 Å². The van der Waals surface area contributed by atoms with Gasteiger partial charge in [-0.1, -0.05) is 5.21 Å². The number of carbonyl (C=O) groups is 1. The Morgan fingerprint density at radius 1 is 1.28 bits per heavy atom. The van der Waals surface area contributed by atoms with Crippen molar-refractivity contribution >= 4 is 5.91 Å². The molecule has 0 aliphatic heterocycles. The summed E-state index contributed by atoms with van der Waals surface area (Å²) in [5.74, 6) is 0.867. The van der Waals surface area contributed by atoms with Crippen molar-refractivity contribution in [1.82, 2.24) is 20.3 Å². The number of hydrogen-bond donors (Lipinski definition) is 1. The lowest BCUT2D eigenvalue weighted by molar-refractivity contribution is -0.121. The fourth-order valence-corrected chi connectivity index (χ4v) is 2.15. The number of halogens is 1. The van der Waals surface area contributed by atoms with E-state index >= 15 is 0 Å². The first-order valence-corrected chi connectivity index (χ1v) is 7.75. The van der Waals surface area contributed by atoms with Crippen LogP contribution in [0.25, 0.3) is 0 Å². The van der Waals surface area contributed by atoms with Crippen LogP contribution in [0.15, 0.2) is 53.3 Å². The summed E-state index contributed by atoms with van der Waals surface area (Å²) in [6, 6.07) is 9.37. The number of amides is 1. The average molecular weight is 344 g/mol. The minimum absolute atomic E-state index is 0.0711. The molecule has 0 bridgehead atoms. The van der Waals surface area contributed by atoms with Gasteiger partial charge in [0.15, 0.2) is 0 Å². The van der Waals surface area contributed by atoms with Gasteiger partial charge in [-0.15, -0.1) is 5.10 Å². The van der Waals surface area contributed by atoms with Crippen LogP contribution in [-0.4, -0.2) is 27.4 Å². The number of benzene rings is 1. The highest BCUT2D eigenvalue weighted by atomic mass is 19.1. The van der Waals surface area contributed by atoms with E-state index in [1.54, 1.807) is 12.5 Å². The van der Waals surface area contributed by atoms with Crippen LogP contribution < -0.4 is 10.1 Å². The number of nitrogens with zero attached hydrogens (tertiary/aromatic N) is 3. The normalized spacial score (nSPS) is 10.6. The Hall–Kier alpha value is -3.16. The molecule has 1 aromatic carbocycles. The molecule has 7 nitrogen and oxygen atoms in total. The van der Waals surface area contributed by atoms with Gasteiger partial charge in [-0.2, -0.15) is 0 Å². The lowest BCUT2D eigenvalue weighted by Gasteiger charge is -2.04. The van der Waals surface area contributed by atoms with Crippen molar-refractivity contribution in [3.63, 3.8) is 0 Å². The fraction of sp³-hybridized carbons (Fsp3) is 0.235. The zero-order valence-electron chi connectivity index (χ0n) is 13.4. The van der Waals surface area contributed by atoms with Gasteiger partial charge in [-0.05, 0) is 36.4 Å². The van der Waals surface area contributed by atoms with Gasteiger partial charge < -0.3 is 14.5 Å². The summed E-state index contributed by atoms with van der Waals surface area (Å²) in [4.78, 5) is 11.9. The molecule has 1 N–H and O–H groups in total. The average Bonchev–Trinajstić information content (AvgIpc) is 3.26. The third-order valence-corrected chi connectivity index (χ3v) is 3.37. The largest absolute Gasteiger partial charge is 0.487 e. The van der Waals surface area contributed by atoms with Crippen LogP contribution in [0.5, 0.6) is 5.75 Å². The predicted molar refractivity (Wildman–Crippen MR) is 86.2 cm³/mol. The summed E-state index contributed by atoms with van der Waals surface area (Å²) >= 11 is 0. The maximum absolute atomic E-state index is 12.8. The Morgan fingerprint density at radius 2 is 2.12 bits per heavy atom. The van der Waals surface area contributed by atoms with Crippen LogP contribution in [0.3, 0.4) is 0 Å². The van der Waals surface area contributed by atoms with E-state index < -0.39 is 0 Å². The molecule has 0 saturated heterocycles. The van der Waals surface area contributed by atoms with E-state index in [4.69, 9.17) is 9.15 Å². The van der Waals surface area contributed by atoms with Gasteiger partial charge in [0.25, 0.3) is 0 Å². The minimum atomic E-state index is -0.323. The van der Waals surface area contributed by atoms with Crippen molar-refractivity contribution in [3.05, 3.63) is 66.1 Å². The van der Waals surface area contributed by atoms with Crippen LogP contribution in [0, 0.1) is 5.82 Å². The standard InChI is InChI=1S/C17H17FN4O3/c18-13-3-5-16(6-4-13)25-12-14-10-22(21-20-14)11-17(23)19-8-7-15-2-1-9-24-15/h1-6,9-10H,7-8,11-12H2,(H,19,23). The number of rotatable bonds is 8. The van der Waals surface area contributed by atoms with E-state index in [9.17, 15) is 9.18 Å². The molecule has 1 amide bonds. The molecule has 0 aliphatic rings. The highest BCUT2D eigenvalue weighted by molar-refractivity contribution is 5.75. The highest BCUT2D eigenvalue weighted by Crippen LogP contribution is 2.12. The minimum Gasteiger partial charge on any atom is -0.487 e. The van der Waals surface area contributed by atoms with Crippen molar-refractivity contribution in [1.29, 1.82) is 0 Å². The molecule has 0 spiro atoms. The molecular weight excluding hydrogens is 327 g/mol. The van der Waals surface area contributed by atoms with Crippen LogP contribution in [0.2, 0.25) is 0 Å². The number of furan rings is 1. The zero-order chi connectivity index (χ0) is 17.5. The monoisotopic (exact) mass is 344 g/mol. The first-order chi connectivity index (χ1) is 12.2. The molecule has 2 heterocycles. The smallest absolute Gasteiger partial charge is 0.241 e. The summed E-state index contributed by atoms with van der Waals surface area (Å²) in [6.07, 6.45) is 3.87. The molecule has 2 aromatic heterocycles. The lowest BCUT2D eigenvalue weighted by Crippen LogP contribution is -2.29. The maximum Gasteiger partial charge on any atom is 0.241 e. The second-order valence-electron chi connectivity index (χ2n) is 5.33. The number of nitrogens with one attached hydrogen (secondary N) is 1. The Bertz CT molecular complexity index is 800. The van der Waals surface area contributed by atoms with Gasteiger partial charge in [-0.3, -0.25) is 4.79 Å². The van der Waals surface area contributed by atoms with E-state index in [1.165, 1.54) is 28.9 Å². The molecule has 0 atom stereocenters. The molecular formula is C17H17FN4O3. The van der Waals surface area contributed by atoms with E-state index in [-0.39, 0.29) is 24.9 Å². The molecule has 3 aromatic rings. The predicted octanol–water partition coefficient (Wildman–Crippen LogP) is 1.95. The molecule has 0 unspecified atom stereocenters. The van der Waals surface area contributed by atoms with Crippen LogP contribution in [-0.2, 0) is 24.4 Å². The molecule has 0 fully saturated rings. The molecule has 0 saturated carbocycles. The van der Waals surface area contributed by atoms with Crippen molar-refractivity contribution in [2.75, 3.05) is 6.54 Å². The first-order valence-electron chi connectivity index (χ1n) is 7.75. The maximum atomic E-state index is 12.8. The second kappa shape index (κ2) is 8.09. The van der Waals surface area contributed by atoms with Gasteiger partial charge >= 0.3 is 0 Å². The van der Waals surface area contributed by atoms with Crippen molar-refractivity contribution in [3.8, 4) is 5.75 Å². The summed E-state index contributed by atoms with van der Waals surface area (Å²) < 4.78 is 24.9. The van der Waals surface area contributed by atoms with E-state index in [1.807, 2.05) is 12.1 Å². The van der Waals surface area contributed by atoms with Gasteiger partial charge in [0.2, 0.25) is 5.91 Å². The number of ether oxygens (including phenoxy) is 1. The first kappa shape index (κ1) is 16.7. The summed E-state index contributed by atoms with van der Waals surface area (Å²) in [5, 5.41) is 10.6. The molecule has 8 heteroatoms. The molecule has 0 aliphatic carbocycles. The SMILES string of the molecule is O=C(Cn1cc(COc2ccc(F)cc2)nn1)NCCc1ccco1. The Kier molecular flexibility index (Phi) is 5.40. The van der Waals surface area contributed by atoms with Crippen molar-refractivity contribution in [2.24, 2.45) is 0 Å². The number of aromatic nitrogens is 3. The van der Waals surface area contributed by atoms with Crippen molar-refractivity contribution < 1.29 is 18.3 Å². The van der Waals surface area contributed by atoms with Gasteiger partial charge in [0.05, 0.1) is 12.5 Å². The number of carbonyl (C=O) groups excluding carboxylic acids is 1. The summed E-state index contributed by atoms with van der Waals surface area (Å²) in [6.45, 7) is 0.745. The summed E-state index contributed by atoms with van der Waals surface area (Å²) in [5.41, 5.74) is 0.577. The highest BCUT2D eigenvalue weighted by Gasteiger charge is 2.07. The van der Waals surface area contributed by atoms with E-state index in [2.05, 4.69) is 15.6 Å². The third-order valence-electron chi connectivity index (χ3n) is 3.37. The zero-order valence-corrected chi connectivity index (χ0v) is 13.4. The van der Waals surface area contributed by atoms with Gasteiger partial charge in [-0.25, -0.2) is 9.07 Å². The molecule has 130 valence electrons. The fourth-order valence-electron chi connectivity index (χ4n) is 2.15. The van der Waals surface area contributed by atoms with Crippen LogP contribution in [0.1, 0.15) is 11.5 Å². The third kappa shape index (κ3) is 5.17. The van der Waals surface area contributed by atoms with Crippen LogP contribution in [0.4, 0.5) is 4.39 Å². The summed E-state index contributed by atoms with van der Waals surface area (Å²) in [7, 11) is 0. The van der Waals surface area contributed by atoms with Crippen LogP contribution >= 0.6 is 0 Å². The quantitative estimate of drug-likeness (QED) is 0.675. The Labute approximate surface area is 143 Å². The topological polar surface area (TPSA) is 82.2 Å². The second-order valence-corrected chi connectivity index (χ2v) is 5.33. The van der Waals surface area contributed by atoms with Crippen molar-refractivity contribution in [2.45, 2.75) is 19.6 Å². The Balaban J connectivity index is 1.41. The number of hydrogen-bond acceptors (Lipinski definition) is 5. The Morgan fingerprint density at radius 3 is 2.88 bits per heavy atom. The molecule has 25 heavy (non-hydrogen) atoms. The van der Waals surface area contributed by atoms with E-state index in [0.717, 1.165) is 5.76 Å². The van der Waals surface area contributed by atoms with Gasteiger partial charge in [0, 0.05) is 13.0 Å².